The minimum atomic E-state index is -0.166. The van der Waals surface area contributed by atoms with Gasteiger partial charge in [0.2, 0.25) is 0 Å². The maximum absolute atomic E-state index is 12.6. The van der Waals surface area contributed by atoms with Gasteiger partial charge in [-0.05, 0) is 73.2 Å². The van der Waals surface area contributed by atoms with Gasteiger partial charge in [-0.15, -0.1) is 0 Å². The highest BCUT2D eigenvalue weighted by molar-refractivity contribution is 6.04. The number of pyridine rings is 2. The van der Waals surface area contributed by atoms with Crippen molar-refractivity contribution in [1.29, 1.82) is 0 Å². The highest BCUT2D eigenvalue weighted by Crippen LogP contribution is 2.30. The van der Waals surface area contributed by atoms with Crippen LogP contribution in [0.3, 0.4) is 0 Å². The predicted molar refractivity (Wildman–Crippen MR) is 136 cm³/mol. The molecule has 2 unspecified atom stereocenters. The molecule has 0 aliphatic heterocycles. The number of nitrogens with one attached hydrogen (secondary N) is 2. The molecule has 2 heterocycles. The summed E-state index contributed by atoms with van der Waals surface area (Å²) in [7, 11) is 0. The molecule has 168 valence electrons. The van der Waals surface area contributed by atoms with Gasteiger partial charge < -0.3 is 10.6 Å². The third kappa shape index (κ3) is 5.20. The van der Waals surface area contributed by atoms with Crippen molar-refractivity contribution in [3.05, 3.63) is 95.4 Å². The zero-order valence-electron chi connectivity index (χ0n) is 19.6. The lowest BCUT2D eigenvalue weighted by Gasteiger charge is -2.18. The van der Waals surface area contributed by atoms with E-state index in [4.69, 9.17) is 0 Å². The fourth-order valence-electron chi connectivity index (χ4n) is 4.00. The van der Waals surface area contributed by atoms with Gasteiger partial charge in [0.05, 0.1) is 23.0 Å². The number of carbonyl (C=O) groups is 1. The lowest BCUT2D eigenvalue weighted by atomic mass is 9.94. The summed E-state index contributed by atoms with van der Waals surface area (Å²) in [6, 6.07) is 18.3. The summed E-state index contributed by atoms with van der Waals surface area (Å²) in [6.45, 7) is 8.49. The Morgan fingerprint density at radius 3 is 2.58 bits per heavy atom. The van der Waals surface area contributed by atoms with Gasteiger partial charge in [-0.2, -0.15) is 0 Å². The fraction of sp³-hybridized carbons (Fsp3) is 0.250. The van der Waals surface area contributed by atoms with E-state index in [1.165, 1.54) is 10.9 Å². The molecule has 2 N–H and O–H groups in total. The molecule has 0 aliphatic rings. The molecule has 5 heteroatoms. The molecule has 2 atom stereocenters. The molecule has 0 saturated carbocycles. The maximum atomic E-state index is 12.6. The second-order valence-electron chi connectivity index (χ2n) is 8.64. The van der Waals surface area contributed by atoms with Crippen LogP contribution in [0, 0.1) is 6.92 Å². The van der Waals surface area contributed by atoms with Gasteiger partial charge in [-0.1, -0.05) is 38.1 Å². The van der Waals surface area contributed by atoms with E-state index in [-0.39, 0.29) is 11.9 Å². The van der Waals surface area contributed by atoms with E-state index in [9.17, 15) is 4.79 Å². The number of carbonyl (C=O) groups excluding carboxylic acids is 1. The van der Waals surface area contributed by atoms with Crippen molar-refractivity contribution in [2.24, 2.45) is 0 Å². The highest BCUT2D eigenvalue weighted by Gasteiger charge is 2.12. The standard InChI is InChI=1S/C28H30N4O/c1-5-19(3)25-10-7-11-27-26(25)14-24(17-30-27)31-20(4)21-8-6-9-23(13-21)32-28(33)22-12-18(2)15-29-16-22/h6-17,19-20,31H,5H2,1-4H3,(H,32,33). The molecule has 0 spiro atoms. The molecule has 33 heavy (non-hydrogen) atoms. The Kier molecular flexibility index (Phi) is 6.68. The van der Waals surface area contributed by atoms with Gasteiger partial charge in [-0.3, -0.25) is 14.8 Å². The Labute approximate surface area is 195 Å². The number of fused-ring (bicyclic) bond motifs is 1. The van der Waals surface area contributed by atoms with Gasteiger partial charge in [0.25, 0.3) is 5.91 Å². The molecule has 2 aromatic carbocycles. The molecule has 2 aromatic heterocycles. The van der Waals surface area contributed by atoms with Gasteiger partial charge >= 0.3 is 0 Å². The Morgan fingerprint density at radius 1 is 0.970 bits per heavy atom. The summed E-state index contributed by atoms with van der Waals surface area (Å²) in [5, 5.41) is 7.74. The van der Waals surface area contributed by atoms with Crippen molar-refractivity contribution in [2.45, 2.75) is 46.1 Å². The molecule has 0 aliphatic carbocycles. The van der Waals surface area contributed by atoms with E-state index >= 15 is 0 Å². The van der Waals surface area contributed by atoms with Crippen molar-refractivity contribution in [2.75, 3.05) is 10.6 Å². The van der Waals surface area contributed by atoms with E-state index < -0.39 is 0 Å². The van der Waals surface area contributed by atoms with Crippen LogP contribution in [0.5, 0.6) is 0 Å². The first-order valence-corrected chi connectivity index (χ1v) is 11.4. The van der Waals surface area contributed by atoms with Crippen LogP contribution in [0.4, 0.5) is 11.4 Å². The van der Waals surface area contributed by atoms with E-state index in [0.717, 1.165) is 34.4 Å². The molecule has 1 amide bonds. The first-order chi connectivity index (χ1) is 15.9. The monoisotopic (exact) mass is 438 g/mol. The number of anilines is 2. The lowest BCUT2D eigenvalue weighted by Crippen LogP contribution is -2.13. The van der Waals surface area contributed by atoms with Crippen LogP contribution in [0.15, 0.2) is 73.2 Å². The summed E-state index contributed by atoms with van der Waals surface area (Å²) in [5.74, 6) is 0.312. The number of nitrogens with zero attached hydrogens (tertiary/aromatic N) is 2. The first kappa shape index (κ1) is 22.5. The summed E-state index contributed by atoms with van der Waals surface area (Å²) in [5.41, 5.74) is 6.65. The highest BCUT2D eigenvalue weighted by atomic mass is 16.1. The van der Waals surface area contributed by atoms with Crippen molar-refractivity contribution in [3.8, 4) is 0 Å². The quantitative estimate of drug-likeness (QED) is 0.330. The SMILES string of the molecule is CCC(C)c1cccc2ncc(NC(C)c3cccc(NC(=O)c4cncc(C)c4)c3)cc12. The average molecular weight is 439 g/mol. The largest absolute Gasteiger partial charge is 0.377 e. The number of rotatable bonds is 7. The van der Waals surface area contributed by atoms with Gasteiger partial charge in [0, 0.05) is 29.5 Å². The predicted octanol–water partition coefficient (Wildman–Crippen LogP) is 6.88. The molecule has 0 saturated heterocycles. The Morgan fingerprint density at radius 2 is 1.79 bits per heavy atom. The smallest absolute Gasteiger partial charge is 0.257 e. The second kappa shape index (κ2) is 9.82. The molecule has 0 bridgehead atoms. The second-order valence-corrected chi connectivity index (χ2v) is 8.64. The topological polar surface area (TPSA) is 66.9 Å². The van der Waals surface area contributed by atoms with Crippen LogP contribution in [-0.2, 0) is 0 Å². The molecule has 5 nitrogen and oxygen atoms in total. The van der Waals surface area contributed by atoms with Gasteiger partial charge in [0.1, 0.15) is 0 Å². The van der Waals surface area contributed by atoms with Crippen LogP contribution in [0.25, 0.3) is 10.9 Å². The Bertz CT molecular complexity index is 1280. The number of aromatic nitrogens is 2. The molecule has 0 fully saturated rings. The third-order valence-corrected chi connectivity index (χ3v) is 6.07. The number of aryl methyl sites for hydroxylation is 1. The maximum Gasteiger partial charge on any atom is 0.257 e. The number of hydrogen-bond acceptors (Lipinski definition) is 4. The van der Waals surface area contributed by atoms with Crippen LogP contribution in [0.1, 0.15) is 66.2 Å². The van der Waals surface area contributed by atoms with Crippen LogP contribution in [-0.4, -0.2) is 15.9 Å². The summed E-state index contributed by atoms with van der Waals surface area (Å²) < 4.78 is 0. The third-order valence-electron chi connectivity index (χ3n) is 6.07. The number of hydrogen-bond donors (Lipinski definition) is 2. The normalized spacial score (nSPS) is 12.8. The lowest BCUT2D eigenvalue weighted by molar-refractivity contribution is 0.102. The molecular weight excluding hydrogens is 408 g/mol. The van der Waals surface area contributed by atoms with Crippen molar-refractivity contribution in [1.82, 2.24) is 9.97 Å². The van der Waals surface area contributed by atoms with Gasteiger partial charge in [-0.25, -0.2) is 0 Å². The van der Waals surface area contributed by atoms with E-state index in [2.05, 4.69) is 71.7 Å². The average Bonchev–Trinajstić information content (AvgIpc) is 2.83. The number of amides is 1. The van der Waals surface area contributed by atoms with Crippen LogP contribution < -0.4 is 10.6 Å². The Balaban J connectivity index is 1.52. The van der Waals surface area contributed by atoms with Crippen molar-refractivity contribution in [3.63, 3.8) is 0 Å². The zero-order chi connectivity index (χ0) is 23.4. The van der Waals surface area contributed by atoms with E-state index in [1.807, 2.05) is 37.4 Å². The molecule has 0 radical (unpaired) electrons. The summed E-state index contributed by atoms with van der Waals surface area (Å²) in [6.07, 6.45) is 6.29. The van der Waals surface area contributed by atoms with E-state index in [1.54, 1.807) is 12.4 Å². The molecule has 4 rings (SSSR count). The Hall–Kier alpha value is -3.73. The fourth-order valence-corrected chi connectivity index (χ4v) is 4.00. The minimum absolute atomic E-state index is 0.0394. The van der Waals surface area contributed by atoms with Crippen molar-refractivity contribution >= 4 is 28.2 Å². The molecule has 4 aromatic rings. The first-order valence-electron chi connectivity index (χ1n) is 11.4. The summed E-state index contributed by atoms with van der Waals surface area (Å²) in [4.78, 5) is 21.4. The zero-order valence-corrected chi connectivity index (χ0v) is 19.6. The van der Waals surface area contributed by atoms with Crippen LogP contribution in [0.2, 0.25) is 0 Å². The summed E-state index contributed by atoms with van der Waals surface area (Å²) >= 11 is 0. The van der Waals surface area contributed by atoms with E-state index in [0.29, 0.717) is 11.5 Å². The molecular formula is C28H30N4O. The minimum Gasteiger partial charge on any atom is -0.377 e. The van der Waals surface area contributed by atoms with Crippen molar-refractivity contribution < 1.29 is 4.79 Å². The van der Waals surface area contributed by atoms with Gasteiger partial charge in [0.15, 0.2) is 0 Å². The van der Waals surface area contributed by atoms with Crippen LogP contribution >= 0.6 is 0 Å². The number of benzene rings is 2.